The molecule has 0 aliphatic heterocycles. The van der Waals surface area contributed by atoms with Gasteiger partial charge in [0.05, 0.1) is 4.87 Å². The average Bonchev–Trinajstić information content (AvgIpc) is 1.89. The second kappa shape index (κ2) is 4.73. The van der Waals surface area contributed by atoms with Crippen molar-refractivity contribution < 1.29 is 4.79 Å². The van der Waals surface area contributed by atoms with Crippen LogP contribution in [-0.2, 0) is 4.79 Å². The molecule has 60 valence electrons. The molecule has 0 heterocycles. The zero-order valence-electron chi connectivity index (χ0n) is 6.69. The minimum absolute atomic E-state index is 0.616. The second-order valence-corrected chi connectivity index (χ2v) is 3.72. The Balaban J connectivity index is 3.37. The summed E-state index contributed by atoms with van der Waals surface area (Å²) in [4.78, 5) is 9.67. The lowest BCUT2D eigenvalue weighted by atomic mass is 10.0. The molecule has 0 spiro atoms. The first kappa shape index (κ1) is 9.96. The van der Waals surface area contributed by atoms with Crippen molar-refractivity contribution in [2.24, 2.45) is 0 Å². The zero-order valence-corrected chi connectivity index (χ0v) is 7.45. The number of hydrogen-bond acceptors (Lipinski definition) is 1. The Hall–Kier alpha value is -0.0400. The second-order valence-electron chi connectivity index (χ2n) is 2.85. The van der Waals surface area contributed by atoms with Crippen LogP contribution in [0.25, 0.3) is 0 Å². The molecule has 0 saturated heterocycles. The molecule has 2 heteroatoms. The summed E-state index contributed by atoms with van der Waals surface area (Å²) in [7, 11) is 0. The molecule has 0 aliphatic carbocycles. The van der Waals surface area contributed by atoms with Crippen LogP contribution < -0.4 is 0 Å². The Morgan fingerprint density at radius 1 is 1.50 bits per heavy atom. The van der Waals surface area contributed by atoms with Crippen molar-refractivity contribution in [1.82, 2.24) is 0 Å². The average molecular weight is 163 g/mol. The van der Waals surface area contributed by atoms with E-state index in [4.69, 9.17) is 11.6 Å². The fourth-order valence-corrected chi connectivity index (χ4v) is 0.913. The lowest BCUT2D eigenvalue weighted by Gasteiger charge is -2.12. The normalized spacial score (nSPS) is 16.3. The van der Waals surface area contributed by atoms with E-state index in [0.29, 0.717) is 0 Å². The van der Waals surface area contributed by atoms with Gasteiger partial charge in [-0.3, -0.25) is 0 Å². The van der Waals surface area contributed by atoms with Gasteiger partial charge in [-0.25, -0.2) is 0 Å². The van der Waals surface area contributed by atoms with Crippen molar-refractivity contribution in [3.8, 4) is 0 Å². The summed E-state index contributed by atoms with van der Waals surface area (Å²) >= 11 is 5.79. The highest BCUT2D eigenvalue weighted by Crippen LogP contribution is 2.19. The van der Waals surface area contributed by atoms with Gasteiger partial charge in [0.15, 0.2) is 0 Å². The Labute approximate surface area is 67.8 Å². The molecule has 0 aromatic carbocycles. The third kappa shape index (κ3) is 4.80. The van der Waals surface area contributed by atoms with Crippen LogP contribution in [0.3, 0.4) is 0 Å². The highest BCUT2D eigenvalue weighted by molar-refractivity contribution is 6.31. The van der Waals surface area contributed by atoms with Gasteiger partial charge in [-0.15, -0.1) is 11.6 Å². The Morgan fingerprint density at radius 2 is 2.10 bits per heavy atom. The van der Waals surface area contributed by atoms with Gasteiger partial charge >= 0.3 is 0 Å². The molecule has 0 radical (unpaired) electrons. The molecule has 0 aromatic rings. The maximum atomic E-state index is 10.3. The minimum atomic E-state index is -0.616. The van der Waals surface area contributed by atoms with Crippen LogP contribution in [0.2, 0.25) is 0 Å². The molecule has 0 bridgehead atoms. The van der Waals surface area contributed by atoms with Gasteiger partial charge in [-0.2, -0.15) is 0 Å². The first-order valence-electron chi connectivity index (χ1n) is 3.77. The zero-order chi connectivity index (χ0) is 8.04. The summed E-state index contributed by atoms with van der Waals surface area (Å²) in [6.45, 7) is 3.89. The van der Waals surface area contributed by atoms with E-state index in [9.17, 15) is 4.79 Å². The summed E-state index contributed by atoms with van der Waals surface area (Å²) < 4.78 is 0. The smallest absolute Gasteiger partial charge is 0.140 e. The van der Waals surface area contributed by atoms with Crippen LogP contribution in [0, 0.1) is 0 Å². The summed E-state index contributed by atoms with van der Waals surface area (Å²) in [5, 5.41) is 0. The van der Waals surface area contributed by atoms with Gasteiger partial charge in [-0.1, -0.05) is 26.2 Å². The van der Waals surface area contributed by atoms with Crippen LogP contribution >= 0.6 is 11.6 Å². The number of carbonyl (C=O) groups excluding carboxylic acids is 1. The minimum Gasteiger partial charge on any atom is -0.301 e. The summed E-state index contributed by atoms with van der Waals surface area (Å²) in [5.41, 5.74) is 0. The monoisotopic (exact) mass is 162 g/mol. The molecular weight excluding hydrogens is 148 g/mol. The number of unbranched alkanes of at least 4 members (excludes halogenated alkanes) is 2. The molecule has 0 N–H and O–H groups in total. The van der Waals surface area contributed by atoms with E-state index in [2.05, 4.69) is 6.92 Å². The first-order valence-corrected chi connectivity index (χ1v) is 4.15. The lowest BCUT2D eigenvalue weighted by Crippen LogP contribution is -2.17. The first-order chi connectivity index (χ1) is 4.62. The number of alkyl halides is 1. The highest BCUT2D eigenvalue weighted by atomic mass is 35.5. The number of rotatable bonds is 5. The van der Waals surface area contributed by atoms with E-state index < -0.39 is 4.87 Å². The van der Waals surface area contributed by atoms with E-state index in [1.807, 2.05) is 0 Å². The molecule has 0 aliphatic rings. The van der Waals surface area contributed by atoms with Crippen molar-refractivity contribution in [3.63, 3.8) is 0 Å². The molecule has 0 aromatic heterocycles. The van der Waals surface area contributed by atoms with Crippen molar-refractivity contribution in [2.45, 2.75) is 44.4 Å². The summed E-state index contributed by atoms with van der Waals surface area (Å²) in [6, 6.07) is 0. The van der Waals surface area contributed by atoms with Gasteiger partial charge in [-0.05, 0) is 13.3 Å². The molecule has 0 saturated carbocycles. The van der Waals surface area contributed by atoms with E-state index in [-0.39, 0.29) is 0 Å². The van der Waals surface area contributed by atoms with Crippen molar-refractivity contribution in [3.05, 3.63) is 0 Å². The van der Waals surface area contributed by atoms with Crippen molar-refractivity contribution >= 4 is 17.9 Å². The van der Waals surface area contributed by atoms with Crippen LogP contribution in [0.1, 0.15) is 39.5 Å². The third-order valence-corrected chi connectivity index (χ3v) is 1.79. The number of carbonyl (C=O) groups is 1. The number of aldehydes is 1. The van der Waals surface area contributed by atoms with E-state index >= 15 is 0 Å². The Morgan fingerprint density at radius 3 is 2.50 bits per heavy atom. The van der Waals surface area contributed by atoms with Crippen LogP contribution in [-0.4, -0.2) is 11.2 Å². The van der Waals surface area contributed by atoms with Crippen LogP contribution in [0.15, 0.2) is 0 Å². The molecule has 0 rings (SSSR count). The lowest BCUT2D eigenvalue weighted by molar-refractivity contribution is -0.109. The van der Waals surface area contributed by atoms with Gasteiger partial charge in [0, 0.05) is 0 Å². The topological polar surface area (TPSA) is 17.1 Å². The number of halogens is 1. The molecule has 0 amide bonds. The predicted molar refractivity (Wildman–Crippen MR) is 44.5 cm³/mol. The fraction of sp³-hybridized carbons (Fsp3) is 0.875. The molecule has 1 nitrogen and oxygen atoms in total. The predicted octanol–water partition coefficient (Wildman–Crippen LogP) is 2.76. The van der Waals surface area contributed by atoms with Crippen molar-refractivity contribution in [2.75, 3.05) is 0 Å². The molecule has 10 heavy (non-hydrogen) atoms. The van der Waals surface area contributed by atoms with E-state index in [1.54, 1.807) is 6.92 Å². The van der Waals surface area contributed by atoms with Gasteiger partial charge in [0.1, 0.15) is 6.29 Å². The van der Waals surface area contributed by atoms with Crippen LogP contribution in [0.4, 0.5) is 0 Å². The highest BCUT2D eigenvalue weighted by Gasteiger charge is 2.17. The van der Waals surface area contributed by atoms with E-state index in [0.717, 1.165) is 25.5 Å². The third-order valence-electron chi connectivity index (χ3n) is 1.51. The molecule has 0 fully saturated rings. The molecule has 1 atom stereocenters. The van der Waals surface area contributed by atoms with Gasteiger partial charge in [0.25, 0.3) is 0 Å². The standard InChI is InChI=1S/C8H15ClO/c1-3-4-5-6-8(2,9)7-10/h7H,3-6H2,1-2H3. The Bertz CT molecular complexity index is 99.4. The maximum Gasteiger partial charge on any atom is 0.140 e. The largest absolute Gasteiger partial charge is 0.301 e. The van der Waals surface area contributed by atoms with Crippen molar-refractivity contribution in [1.29, 1.82) is 0 Å². The summed E-state index contributed by atoms with van der Waals surface area (Å²) in [6.07, 6.45) is 5.01. The maximum absolute atomic E-state index is 10.3. The molecule has 1 unspecified atom stereocenters. The Kier molecular flexibility index (Phi) is 4.71. The molecular formula is C8H15ClO. The summed E-state index contributed by atoms with van der Waals surface area (Å²) in [5.74, 6) is 0. The van der Waals surface area contributed by atoms with E-state index in [1.165, 1.54) is 6.42 Å². The van der Waals surface area contributed by atoms with Gasteiger partial charge in [0.2, 0.25) is 0 Å². The SMILES string of the molecule is CCCCCC(C)(Cl)C=O. The van der Waals surface area contributed by atoms with Crippen LogP contribution in [0.5, 0.6) is 0 Å². The number of hydrogen-bond donors (Lipinski definition) is 0. The fourth-order valence-electron chi connectivity index (χ4n) is 0.780. The van der Waals surface area contributed by atoms with Gasteiger partial charge < -0.3 is 4.79 Å². The quantitative estimate of drug-likeness (QED) is 0.345.